The summed E-state index contributed by atoms with van der Waals surface area (Å²) in [6.45, 7) is 0.384. The Morgan fingerprint density at radius 2 is 2.20 bits per heavy atom. The number of carbonyl (C=O) groups excluding carboxylic acids is 1. The third kappa shape index (κ3) is 1.92. The van der Waals surface area contributed by atoms with Crippen LogP contribution in [0.3, 0.4) is 0 Å². The minimum Gasteiger partial charge on any atom is -0.491 e. The maximum atomic E-state index is 11.8. The normalized spacial score (nSPS) is 18.9. The van der Waals surface area contributed by atoms with Crippen LogP contribution in [-0.4, -0.2) is 51.6 Å². The van der Waals surface area contributed by atoms with Crippen molar-refractivity contribution < 1.29 is 14.3 Å². The van der Waals surface area contributed by atoms with E-state index in [1.54, 1.807) is 0 Å². The first kappa shape index (κ1) is 12.9. The van der Waals surface area contributed by atoms with Crippen molar-refractivity contribution in [2.45, 2.75) is 11.8 Å². The van der Waals surface area contributed by atoms with Gasteiger partial charge >= 0.3 is 6.01 Å². The largest absolute Gasteiger partial charge is 0.491 e. The van der Waals surface area contributed by atoms with Crippen molar-refractivity contribution in [2.75, 3.05) is 25.7 Å². The topological polar surface area (TPSA) is 81.9 Å². The fraction of sp³-hybridized carbons (Fsp3) is 0.455. The van der Waals surface area contributed by atoms with Gasteiger partial charge in [0.05, 0.1) is 25.8 Å². The number of nitrogens with zero attached hydrogens (tertiary/aromatic N) is 5. The Morgan fingerprint density at radius 1 is 1.40 bits per heavy atom. The summed E-state index contributed by atoms with van der Waals surface area (Å²) in [6.07, 6.45) is 1.77. The minimum absolute atomic E-state index is 0.105. The summed E-state index contributed by atoms with van der Waals surface area (Å²) in [7, 11) is 2.99. The number of methoxy groups -OCH3 is 2. The molecule has 0 bridgehead atoms. The summed E-state index contributed by atoms with van der Waals surface area (Å²) >= 11 is 5.98. The van der Waals surface area contributed by atoms with Crippen molar-refractivity contribution in [1.29, 1.82) is 0 Å². The van der Waals surface area contributed by atoms with Crippen molar-refractivity contribution in [3.63, 3.8) is 0 Å². The van der Waals surface area contributed by atoms with Crippen LogP contribution in [0, 0.1) is 0 Å². The zero-order valence-corrected chi connectivity index (χ0v) is 11.7. The van der Waals surface area contributed by atoms with Gasteiger partial charge in [-0.2, -0.15) is 14.5 Å². The van der Waals surface area contributed by atoms with Crippen molar-refractivity contribution in [3.8, 4) is 11.8 Å². The molecule has 1 atom stereocenters. The van der Waals surface area contributed by atoms with E-state index in [0.717, 1.165) is 0 Å². The van der Waals surface area contributed by atoms with Gasteiger partial charge in [-0.1, -0.05) is 0 Å². The zero-order chi connectivity index (χ0) is 14.3. The van der Waals surface area contributed by atoms with Crippen molar-refractivity contribution in [1.82, 2.24) is 19.6 Å². The molecule has 8 nitrogen and oxygen atoms in total. The van der Waals surface area contributed by atoms with Crippen LogP contribution >= 0.6 is 11.6 Å². The van der Waals surface area contributed by atoms with Gasteiger partial charge in [0.1, 0.15) is 0 Å². The van der Waals surface area contributed by atoms with Crippen LogP contribution < -0.4 is 14.4 Å². The molecule has 2 aromatic rings. The second-order valence-corrected chi connectivity index (χ2v) is 4.88. The average molecular weight is 298 g/mol. The Labute approximate surface area is 119 Å². The zero-order valence-electron chi connectivity index (χ0n) is 10.9. The second-order valence-electron chi connectivity index (χ2n) is 4.27. The van der Waals surface area contributed by atoms with Crippen molar-refractivity contribution in [3.05, 3.63) is 6.20 Å². The number of fused-ring (bicyclic) bond motifs is 1. The molecule has 1 amide bonds. The average Bonchev–Trinajstić information content (AvgIpc) is 3.00. The molecule has 1 aliphatic heterocycles. The number of anilines is 1. The predicted molar refractivity (Wildman–Crippen MR) is 70.5 cm³/mol. The highest BCUT2D eigenvalue weighted by molar-refractivity contribution is 6.24. The molecule has 1 aliphatic rings. The Hall–Kier alpha value is -2.09. The highest BCUT2D eigenvalue weighted by Gasteiger charge is 2.32. The van der Waals surface area contributed by atoms with Crippen molar-refractivity contribution in [2.24, 2.45) is 0 Å². The fourth-order valence-electron chi connectivity index (χ4n) is 2.08. The van der Waals surface area contributed by atoms with Crippen LogP contribution in [0.15, 0.2) is 6.20 Å². The Morgan fingerprint density at radius 3 is 2.80 bits per heavy atom. The first-order valence-corrected chi connectivity index (χ1v) is 6.36. The van der Waals surface area contributed by atoms with Gasteiger partial charge in [0, 0.05) is 13.0 Å². The number of amides is 1. The number of alkyl halides is 1. The van der Waals surface area contributed by atoms with Gasteiger partial charge in [-0.25, -0.2) is 0 Å². The molecule has 0 aliphatic carbocycles. The molecule has 1 saturated heterocycles. The first-order chi connectivity index (χ1) is 9.63. The van der Waals surface area contributed by atoms with Crippen LogP contribution in [0.4, 0.5) is 5.95 Å². The SMILES string of the molecule is COc1cnc(OC)n2nc(N3CC(Cl)CC3=O)nc12. The summed E-state index contributed by atoms with van der Waals surface area (Å²) in [5.74, 6) is 0.605. The number of aromatic nitrogens is 4. The van der Waals surface area contributed by atoms with Crippen LogP contribution in [0.1, 0.15) is 6.42 Å². The monoisotopic (exact) mass is 297 g/mol. The summed E-state index contributed by atoms with van der Waals surface area (Å²) in [6, 6.07) is 0.258. The molecule has 2 aromatic heterocycles. The summed E-state index contributed by atoms with van der Waals surface area (Å²) in [5.41, 5.74) is 0.431. The molecule has 0 aromatic carbocycles. The van der Waals surface area contributed by atoms with Gasteiger partial charge in [0.15, 0.2) is 5.75 Å². The van der Waals surface area contributed by atoms with E-state index in [2.05, 4.69) is 15.1 Å². The van der Waals surface area contributed by atoms with Crippen LogP contribution in [-0.2, 0) is 4.79 Å². The van der Waals surface area contributed by atoms with Gasteiger partial charge in [-0.3, -0.25) is 9.69 Å². The van der Waals surface area contributed by atoms with Gasteiger partial charge in [-0.05, 0) is 0 Å². The summed E-state index contributed by atoms with van der Waals surface area (Å²) in [5, 5.41) is 4.02. The van der Waals surface area contributed by atoms with E-state index >= 15 is 0 Å². The summed E-state index contributed by atoms with van der Waals surface area (Å²) in [4.78, 5) is 21.7. The molecule has 9 heteroatoms. The van der Waals surface area contributed by atoms with Gasteiger partial charge in [0.25, 0.3) is 5.95 Å². The number of hydrogen-bond donors (Lipinski definition) is 0. The van der Waals surface area contributed by atoms with E-state index in [9.17, 15) is 4.79 Å². The lowest BCUT2D eigenvalue weighted by atomic mass is 10.4. The first-order valence-electron chi connectivity index (χ1n) is 5.92. The number of rotatable bonds is 3. The van der Waals surface area contributed by atoms with E-state index in [-0.39, 0.29) is 29.7 Å². The van der Waals surface area contributed by atoms with E-state index < -0.39 is 0 Å². The molecule has 0 N–H and O–H groups in total. The lowest BCUT2D eigenvalue weighted by Crippen LogP contribution is -2.25. The van der Waals surface area contributed by atoms with Crippen LogP contribution in [0.5, 0.6) is 11.8 Å². The Bertz CT molecular complexity index is 632. The van der Waals surface area contributed by atoms with Gasteiger partial charge < -0.3 is 9.47 Å². The number of hydrogen-bond acceptors (Lipinski definition) is 6. The molecule has 0 spiro atoms. The van der Waals surface area contributed by atoms with E-state index in [1.807, 2.05) is 0 Å². The molecular formula is C11H12ClN5O3. The maximum Gasteiger partial charge on any atom is 0.319 e. The molecule has 1 fully saturated rings. The fourth-order valence-corrected chi connectivity index (χ4v) is 2.35. The molecule has 0 radical (unpaired) electrons. The highest BCUT2D eigenvalue weighted by atomic mass is 35.5. The molecule has 1 unspecified atom stereocenters. The quantitative estimate of drug-likeness (QED) is 0.767. The van der Waals surface area contributed by atoms with Crippen LogP contribution in [0.25, 0.3) is 5.65 Å². The molecule has 3 heterocycles. The van der Waals surface area contributed by atoms with E-state index in [0.29, 0.717) is 17.9 Å². The molecule has 0 saturated carbocycles. The maximum absolute atomic E-state index is 11.8. The number of halogens is 1. The Balaban J connectivity index is 2.12. The van der Waals surface area contributed by atoms with E-state index in [1.165, 1.54) is 29.8 Å². The lowest BCUT2D eigenvalue weighted by Gasteiger charge is -2.09. The van der Waals surface area contributed by atoms with Gasteiger partial charge in [0.2, 0.25) is 11.6 Å². The van der Waals surface area contributed by atoms with Crippen LogP contribution in [0.2, 0.25) is 0 Å². The number of ether oxygens (including phenoxy) is 2. The third-order valence-electron chi connectivity index (χ3n) is 3.01. The smallest absolute Gasteiger partial charge is 0.319 e. The van der Waals surface area contributed by atoms with Gasteiger partial charge in [-0.15, -0.1) is 16.7 Å². The third-order valence-corrected chi connectivity index (χ3v) is 3.30. The second kappa shape index (κ2) is 4.78. The highest BCUT2D eigenvalue weighted by Crippen LogP contribution is 2.26. The standard InChI is InChI=1S/C11H12ClN5O3/c1-19-7-4-13-11(20-2)17-9(7)14-10(15-17)16-5-6(12)3-8(16)18/h4,6H,3,5H2,1-2H3. The molecular weight excluding hydrogens is 286 g/mol. The molecule has 3 rings (SSSR count). The lowest BCUT2D eigenvalue weighted by molar-refractivity contribution is -0.117. The number of carbonyl (C=O) groups is 1. The van der Waals surface area contributed by atoms with Crippen molar-refractivity contribution >= 4 is 29.1 Å². The minimum atomic E-state index is -0.226. The molecule has 20 heavy (non-hydrogen) atoms. The Kier molecular flexibility index (Phi) is 3.09. The molecule has 106 valence electrons. The van der Waals surface area contributed by atoms with E-state index in [4.69, 9.17) is 21.1 Å². The predicted octanol–water partition coefficient (Wildman–Crippen LogP) is 0.486. The summed E-state index contributed by atoms with van der Waals surface area (Å²) < 4.78 is 11.7.